The van der Waals surface area contributed by atoms with Crippen LogP contribution in [0.5, 0.6) is 0 Å². The van der Waals surface area contributed by atoms with Crippen molar-refractivity contribution in [3.63, 3.8) is 0 Å². The first-order valence-electron chi connectivity index (χ1n) is 16.9. The number of hydrogen-bond acceptors (Lipinski definition) is 0. The Bertz CT molecular complexity index is 1670. The molecule has 1 aliphatic carbocycles. The summed E-state index contributed by atoms with van der Waals surface area (Å²) < 4.78 is 3.34. The van der Waals surface area contributed by atoms with Crippen LogP contribution in [0.25, 0.3) is 21.5 Å². The fourth-order valence-electron chi connectivity index (χ4n) is 5.00. The molecule has 0 aromatic heterocycles. The number of rotatable bonds is 1. The average molecular weight is 840 g/mol. The molecule has 0 nitrogen and oxygen atoms in total. The molecule has 0 bridgehead atoms. The summed E-state index contributed by atoms with van der Waals surface area (Å²) in [6, 6.07) is 36.2. The Labute approximate surface area is 347 Å². The third-order valence-electron chi connectivity index (χ3n) is 8.15. The maximum atomic E-state index is 5.51. The first-order chi connectivity index (χ1) is 22.9. The number of halogens is 4. The van der Waals surface area contributed by atoms with Crippen molar-refractivity contribution in [2.24, 2.45) is 17.3 Å². The van der Waals surface area contributed by atoms with Crippen LogP contribution in [0.3, 0.4) is 0 Å². The summed E-state index contributed by atoms with van der Waals surface area (Å²) in [4.78, 5) is 0. The van der Waals surface area contributed by atoms with E-state index in [9.17, 15) is 0 Å². The molecule has 5 aromatic carbocycles. The molecule has 0 radical (unpaired) electrons. The molecule has 0 N–H and O–H groups in total. The van der Waals surface area contributed by atoms with Gasteiger partial charge in [-0.15, -0.1) is 39.7 Å². The van der Waals surface area contributed by atoms with Crippen molar-refractivity contribution in [2.75, 3.05) is 0 Å². The van der Waals surface area contributed by atoms with Gasteiger partial charge < -0.3 is 24.8 Å². The van der Waals surface area contributed by atoms with E-state index in [0.717, 1.165) is 10.0 Å². The number of fused-ring (bicyclic) bond motifs is 3. The van der Waals surface area contributed by atoms with Gasteiger partial charge in [-0.3, -0.25) is 6.08 Å². The molecule has 0 amide bonds. The van der Waals surface area contributed by atoms with Gasteiger partial charge in [-0.2, -0.15) is 95.5 Å². The predicted octanol–water partition coefficient (Wildman–Crippen LogP) is 8.16. The number of benzene rings is 4. The topological polar surface area (TPSA) is 0 Å². The molecular formula is C46H54Cl4Zr-4. The molecule has 6 rings (SSSR count). The molecule has 0 saturated heterocycles. The fourth-order valence-corrected chi connectivity index (χ4v) is 5.27. The summed E-state index contributed by atoms with van der Waals surface area (Å²) >= 11 is 12.3. The van der Waals surface area contributed by atoms with E-state index < -0.39 is 0 Å². The van der Waals surface area contributed by atoms with Crippen LogP contribution in [0.1, 0.15) is 87.3 Å². The number of allylic oxidation sites excluding steroid dienone is 4. The molecule has 0 fully saturated rings. The molecule has 5 heteroatoms. The van der Waals surface area contributed by atoms with Crippen molar-refractivity contribution in [1.82, 2.24) is 0 Å². The van der Waals surface area contributed by atoms with Crippen LogP contribution in [-0.2, 0) is 35.1 Å². The van der Waals surface area contributed by atoms with Crippen molar-refractivity contribution >= 4 is 49.0 Å². The van der Waals surface area contributed by atoms with Gasteiger partial charge in [0.25, 0.3) is 0 Å². The summed E-state index contributed by atoms with van der Waals surface area (Å²) in [6.07, 6.45) is 7.90. The third-order valence-corrected chi connectivity index (χ3v) is 8.62. The molecule has 0 aliphatic heterocycles. The Balaban J connectivity index is 0.000000706. The number of hydrogen-bond donors (Lipinski definition) is 0. The second-order valence-corrected chi connectivity index (χ2v) is 16.5. The van der Waals surface area contributed by atoms with Crippen molar-refractivity contribution in [2.45, 2.75) is 87.0 Å². The Morgan fingerprint density at radius 3 is 1.31 bits per heavy atom. The summed E-state index contributed by atoms with van der Waals surface area (Å²) in [5, 5.41) is 6.96. The minimum Gasteiger partial charge on any atom is -1.00 e. The van der Waals surface area contributed by atoms with Gasteiger partial charge in [0.05, 0.1) is 0 Å². The SMILES string of the molecule is CC(C)(C)c1ccc2[cH-]c3ccc(C(C)(C)C)cc3c2c1.CC(C)C1[C-]=CC(C(C)(C)C)=C1.Clc1c[c-]ccc1.Clc1c[c-]ccc1.[CH2]=[Zr+2].[Cl-].[Cl-]. The predicted molar refractivity (Wildman–Crippen MR) is 216 cm³/mol. The van der Waals surface area contributed by atoms with E-state index in [1.807, 2.05) is 36.4 Å². The standard InChI is InChI=1S/C21H25.C12H19.2C6H4Cl.CH2.2ClH.Zr/c1-20(2,3)16-9-7-14-11-15-8-10-17(21(4,5)6)13-19(15)18(14)12-16;1-9(2)10-6-7-11(8-10)12(3,4)5;2*7-6-4-2-1-3-5-6;;;;/h7-13H,1-6H3;7-10H,1-5H3;2*1-2,4-5H;1H2;2*1H;/q4*-1;;;;+2/p-2. The van der Waals surface area contributed by atoms with Gasteiger partial charge in [-0.25, -0.2) is 6.08 Å². The fraction of sp³-hybridized carbons (Fsp3) is 0.348. The molecular weight excluding hydrogens is 786 g/mol. The monoisotopic (exact) mass is 836 g/mol. The van der Waals surface area contributed by atoms with Crippen molar-refractivity contribution < 1.29 is 49.0 Å². The van der Waals surface area contributed by atoms with Crippen molar-refractivity contribution in [3.8, 4) is 0 Å². The maximum absolute atomic E-state index is 5.51. The van der Waals surface area contributed by atoms with Gasteiger partial charge in [-0.1, -0.05) is 139 Å². The largest absolute Gasteiger partial charge is 1.00 e. The van der Waals surface area contributed by atoms with Gasteiger partial charge in [0.15, 0.2) is 0 Å². The average Bonchev–Trinajstić information content (AvgIpc) is 3.69. The van der Waals surface area contributed by atoms with E-state index in [4.69, 9.17) is 23.2 Å². The summed E-state index contributed by atoms with van der Waals surface area (Å²) in [6.45, 7) is 24.9. The van der Waals surface area contributed by atoms with Crippen molar-refractivity contribution in [3.05, 3.63) is 148 Å². The Kier molecular flexibility index (Phi) is 21.6. The molecule has 0 spiro atoms. The molecule has 1 unspecified atom stereocenters. The van der Waals surface area contributed by atoms with E-state index in [-0.39, 0.29) is 41.1 Å². The van der Waals surface area contributed by atoms with Gasteiger partial charge in [0.2, 0.25) is 0 Å². The normalized spacial score (nSPS) is 13.5. The van der Waals surface area contributed by atoms with Crippen LogP contribution in [0.15, 0.2) is 109 Å². The molecule has 51 heavy (non-hydrogen) atoms. The van der Waals surface area contributed by atoms with Gasteiger partial charge >= 0.3 is 28.4 Å². The zero-order valence-corrected chi connectivity index (χ0v) is 37.7. The van der Waals surface area contributed by atoms with E-state index in [1.54, 1.807) is 12.1 Å². The summed E-state index contributed by atoms with van der Waals surface area (Å²) in [5.41, 5.74) is 4.92. The molecule has 5 aromatic rings. The molecule has 274 valence electrons. The summed E-state index contributed by atoms with van der Waals surface area (Å²) in [7, 11) is 0. The van der Waals surface area contributed by atoms with E-state index in [0.29, 0.717) is 11.8 Å². The summed E-state index contributed by atoms with van der Waals surface area (Å²) in [5.74, 6) is 1.22. The molecule has 0 heterocycles. The van der Waals surface area contributed by atoms with E-state index in [2.05, 4.69) is 153 Å². The van der Waals surface area contributed by atoms with E-state index >= 15 is 0 Å². The van der Waals surface area contributed by atoms with Crippen LogP contribution in [0.4, 0.5) is 0 Å². The Morgan fingerprint density at radius 1 is 0.667 bits per heavy atom. The van der Waals surface area contributed by atoms with Crippen LogP contribution in [0.2, 0.25) is 10.0 Å². The van der Waals surface area contributed by atoms with Crippen LogP contribution < -0.4 is 24.8 Å². The first-order valence-corrected chi connectivity index (χ1v) is 19.4. The maximum Gasteiger partial charge on any atom is -1.00 e. The minimum atomic E-state index is 0. The molecule has 1 atom stereocenters. The zero-order chi connectivity index (χ0) is 37.0. The Hall–Kier alpha value is -1.86. The van der Waals surface area contributed by atoms with Gasteiger partial charge in [0, 0.05) is 0 Å². The Morgan fingerprint density at radius 2 is 1.08 bits per heavy atom. The van der Waals surface area contributed by atoms with Gasteiger partial charge in [0.1, 0.15) is 0 Å². The minimum absolute atomic E-state index is 0. The van der Waals surface area contributed by atoms with Crippen LogP contribution >= 0.6 is 23.2 Å². The van der Waals surface area contributed by atoms with Gasteiger partial charge in [-0.05, 0) is 10.8 Å². The van der Waals surface area contributed by atoms with Crippen molar-refractivity contribution in [1.29, 1.82) is 0 Å². The first kappa shape index (κ1) is 49.1. The zero-order valence-electron chi connectivity index (χ0n) is 32.2. The molecule has 0 saturated carbocycles. The van der Waals surface area contributed by atoms with Crippen LogP contribution in [-0.4, -0.2) is 4.21 Å². The second kappa shape index (κ2) is 22.4. The van der Waals surface area contributed by atoms with E-state index in [1.165, 1.54) is 62.5 Å². The third kappa shape index (κ3) is 16.4. The molecule has 1 aliphatic rings. The van der Waals surface area contributed by atoms with Crippen LogP contribution in [0, 0.1) is 35.5 Å². The second-order valence-electron chi connectivity index (χ2n) is 15.6. The smallest absolute Gasteiger partial charge is 1.00 e. The quantitative estimate of drug-likeness (QED) is 0.150.